The minimum atomic E-state index is 0. The van der Waals surface area contributed by atoms with Crippen LogP contribution < -0.4 is 5.32 Å². The van der Waals surface area contributed by atoms with Crippen LogP contribution in [0.4, 0.5) is 0 Å². The summed E-state index contributed by atoms with van der Waals surface area (Å²) in [7, 11) is 2.04. The average molecular weight is 538 g/mol. The van der Waals surface area contributed by atoms with Gasteiger partial charge < -0.3 is 14.7 Å². The van der Waals surface area contributed by atoms with Gasteiger partial charge in [0.2, 0.25) is 0 Å². The molecule has 0 aliphatic carbocycles. The van der Waals surface area contributed by atoms with Gasteiger partial charge in [0.25, 0.3) is 5.89 Å². The summed E-state index contributed by atoms with van der Waals surface area (Å²) >= 11 is 1.75. The molecule has 7 nitrogen and oxygen atoms in total. The fourth-order valence-corrected chi connectivity index (χ4v) is 3.17. The molecule has 0 spiro atoms. The van der Waals surface area contributed by atoms with Gasteiger partial charge in [-0.1, -0.05) is 23.4 Å². The van der Waals surface area contributed by atoms with Gasteiger partial charge in [-0.25, -0.2) is 0 Å². The number of aliphatic imine (C=N–C) groups is 1. The van der Waals surface area contributed by atoms with Crippen LogP contribution in [0, 0.1) is 0 Å². The molecule has 0 fully saturated rings. The van der Waals surface area contributed by atoms with Crippen molar-refractivity contribution >= 4 is 41.7 Å². The molecule has 0 bridgehead atoms. The Hall–Kier alpha value is -2.14. The Morgan fingerprint density at radius 2 is 2.00 bits per heavy atom. The largest absolute Gasteiger partial charge is 0.357 e. The molecule has 0 unspecified atom stereocenters. The number of halogens is 1. The molecule has 3 aromatic rings. The third-order valence-electron chi connectivity index (χ3n) is 4.22. The number of guanidine groups is 1. The van der Waals surface area contributed by atoms with Gasteiger partial charge in [0.15, 0.2) is 11.8 Å². The zero-order valence-electron chi connectivity index (χ0n) is 17.4. The van der Waals surface area contributed by atoms with Gasteiger partial charge in [0, 0.05) is 44.2 Å². The van der Waals surface area contributed by atoms with Crippen molar-refractivity contribution in [3.8, 4) is 11.6 Å². The van der Waals surface area contributed by atoms with E-state index in [0.29, 0.717) is 30.4 Å². The number of nitrogens with one attached hydrogen (secondary N) is 1. The highest BCUT2D eigenvalue weighted by Crippen LogP contribution is 2.16. The number of thioether (sulfide) groups is 1. The molecular weight excluding hydrogens is 511 g/mol. The van der Waals surface area contributed by atoms with Gasteiger partial charge in [-0.05, 0) is 43.0 Å². The predicted octanol–water partition coefficient (Wildman–Crippen LogP) is 4.11. The molecule has 2 aromatic heterocycles. The average Bonchev–Trinajstić information content (AvgIpc) is 3.23. The van der Waals surface area contributed by atoms with Gasteiger partial charge in [-0.15, -0.1) is 35.7 Å². The second-order valence-electron chi connectivity index (χ2n) is 6.42. The topological polar surface area (TPSA) is 79.4 Å². The first-order valence-corrected chi connectivity index (χ1v) is 10.8. The predicted molar refractivity (Wildman–Crippen MR) is 132 cm³/mol. The number of pyridine rings is 1. The molecule has 160 valence electrons. The normalized spacial score (nSPS) is 11.1. The minimum absolute atomic E-state index is 0. The first-order chi connectivity index (χ1) is 14.2. The second kappa shape index (κ2) is 12.5. The van der Waals surface area contributed by atoms with E-state index < -0.39 is 0 Å². The number of hydrogen-bond acceptors (Lipinski definition) is 6. The zero-order chi connectivity index (χ0) is 20.5. The fourth-order valence-electron chi connectivity index (χ4n) is 2.76. The lowest BCUT2D eigenvalue weighted by atomic mass is 10.2. The Kier molecular flexibility index (Phi) is 10.1. The van der Waals surface area contributed by atoms with Gasteiger partial charge in [0.05, 0.1) is 0 Å². The Bertz CT molecular complexity index is 917. The van der Waals surface area contributed by atoms with Crippen LogP contribution in [0.25, 0.3) is 11.6 Å². The van der Waals surface area contributed by atoms with E-state index in [0.717, 1.165) is 19.0 Å². The monoisotopic (exact) mass is 538 g/mol. The lowest BCUT2D eigenvalue weighted by molar-refractivity contribution is 0.421. The van der Waals surface area contributed by atoms with Gasteiger partial charge in [-0.2, -0.15) is 4.98 Å². The van der Waals surface area contributed by atoms with E-state index in [9.17, 15) is 0 Å². The van der Waals surface area contributed by atoms with Crippen LogP contribution in [0.5, 0.6) is 0 Å². The standard InChI is InChI=1S/C21H26N6OS.HI/c1-4-22-21(27(2)15-16-8-10-17(29-3)11-9-16)24-14-12-19-25-20(28-26-19)18-7-5-6-13-23-18;/h5-11,13H,4,12,14-15H2,1-3H3,(H,22,24);1H. The van der Waals surface area contributed by atoms with E-state index in [1.54, 1.807) is 18.0 Å². The van der Waals surface area contributed by atoms with Gasteiger partial charge in [-0.3, -0.25) is 9.98 Å². The molecule has 0 amide bonds. The van der Waals surface area contributed by atoms with E-state index in [2.05, 4.69) is 62.8 Å². The van der Waals surface area contributed by atoms with E-state index in [4.69, 9.17) is 9.52 Å². The summed E-state index contributed by atoms with van der Waals surface area (Å²) in [5.74, 6) is 1.91. The number of hydrogen-bond donors (Lipinski definition) is 1. The van der Waals surface area contributed by atoms with Crippen molar-refractivity contribution in [3.05, 3.63) is 60.0 Å². The molecule has 1 aromatic carbocycles. The maximum atomic E-state index is 5.30. The summed E-state index contributed by atoms with van der Waals surface area (Å²) in [4.78, 5) is 16.7. The smallest absolute Gasteiger partial charge is 0.276 e. The second-order valence-corrected chi connectivity index (χ2v) is 7.30. The quantitative estimate of drug-likeness (QED) is 0.200. The highest BCUT2D eigenvalue weighted by Gasteiger charge is 2.10. The Morgan fingerprint density at radius 3 is 2.67 bits per heavy atom. The minimum Gasteiger partial charge on any atom is -0.357 e. The molecule has 1 N–H and O–H groups in total. The molecular formula is C21H27IN6OS. The number of nitrogens with zero attached hydrogens (tertiary/aromatic N) is 5. The first-order valence-electron chi connectivity index (χ1n) is 9.56. The Balaban J connectivity index is 0.00000320. The molecule has 3 rings (SSSR count). The summed E-state index contributed by atoms with van der Waals surface area (Å²) < 4.78 is 5.30. The van der Waals surface area contributed by atoms with Crippen LogP contribution in [0.1, 0.15) is 18.3 Å². The van der Waals surface area contributed by atoms with Crippen LogP contribution >= 0.6 is 35.7 Å². The maximum Gasteiger partial charge on any atom is 0.276 e. The first kappa shape index (κ1) is 24.1. The van der Waals surface area contributed by atoms with Crippen molar-refractivity contribution in [2.45, 2.75) is 24.8 Å². The number of benzene rings is 1. The van der Waals surface area contributed by atoms with Crippen molar-refractivity contribution < 1.29 is 4.52 Å². The van der Waals surface area contributed by atoms with Crippen molar-refractivity contribution in [3.63, 3.8) is 0 Å². The molecule has 0 saturated heterocycles. The highest BCUT2D eigenvalue weighted by molar-refractivity contribution is 14.0. The van der Waals surface area contributed by atoms with E-state index in [-0.39, 0.29) is 24.0 Å². The van der Waals surface area contributed by atoms with E-state index in [1.165, 1.54) is 10.5 Å². The van der Waals surface area contributed by atoms with Crippen LogP contribution in [0.2, 0.25) is 0 Å². The van der Waals surface area contributed by atoms with E-state index in [1.807, 2.05) is 25.2 Å². The van der Waals surface area contributed by atoms with E-state index >= 15 is 0 Å². The summed E-state index contributed by atoms with van der Waals surface area (Å²) in [6, 6.07) is 14.2. The molecule has 0 aliphatic rings. The molecule has 0 atom stereocenters. The third-order valence-corrected chi connectivity index (χ3v) is 4.97. The van der Waals surface area contributed by atoms with Crippen molar-refractivity contribution in [1.29, 1.82) is 0 Å². The Morgan fingerprint density at radius 1 is 1.20 bits per heavy atom. The molecule has 2 heterocycles. The molecule has 0 aliphatic heterocycles. The fraction of sp³-hybridized carbons (Fsp3) is 0.333. The molecule has 0 saturated carbocycles. The lowest BCUT2D eigenvalue weighted by Gasteiger charge is -2.22. The summed E-state index contributed by atoms with van der Waals surface area (Å²) in [6.45, 7) is 4.22. The summed E-state index contributed by atoms with van der Waals surface area (Å²) in [5, 5.41) is 7.37. The SMILES string of the molecule is CCNC(=NCCc1noc(-c2ccccn2)n1)N(C)Cc1ccc(SC)cc1.I. The maximum absolute atomic E-state index is 5.30. The van der Waals surface area contributed by atoms with Crippen LogP contribution in [0.3, 0.4) is 0 Å². The summed E-state index contributed by atoms with van der Waals surface area (Å²) in [5.41, 5.74) is 1.92. The molecule has 30 heavy (non-hydrogen) atoms. The summed E-state index contributed by atoms with van der Waals surface area (Å²) in [6.07, 6.45) is 4.39. The third kappa shape index (κ3) is 6.98. The lowest BCUT2D eigenvalue weighted by Crippen LogP contribution is -2.38. The van der Waals surface area contributed by atoms with Crippen molar-refractivity contribution in [2.24, 2.45) is 4.99 Å². The number of rotatable bonds is 8. The van der Waals surface area contributed by atoms with Crippen molar-refractivity contribution in [2.75, 3.05) is 26.4 Å². The van der Waals surface area contributed by atoms with Gasteiger partial charge >= 0.3 is 0 Å². The van der Waals surface area contributed by atoms with Crippen LogP contribution in [-0.2, 0) is 13.0 Å². The zero-order valence-corrected chi connectivity index (χ0v) is 20.6. The Labute approximate surface area is 198 Å². The molecule has 0 radical (unpaired) electrons. The van der Waals surface area contributed by atoms with Crippen molar-refractivity contribution in [1.82, 2.24) is 25.3 Å². The van der Waals surface area contributed by atoms with Crippen LogP contribution in [0.15, 0.2) is 63.1 Å². The number of aromatic nitrogens is 3. The van der Waals surface area contributed by atoms with Crippen LogP contribution in [-0.4, -0.2) is 52.4 Å². The van der Waals surface area contributed by atoms with Gasteiger partial charge in [0.1, 0.15) is 5.69 Å². The highest BCUT2D eigenvalue weighted by atomic mass is 127. The molecule has 9 heteroatoms.